The molecule has 1 heterocycles. The Kier molecular flexibility index (Phi) is 1.89. The lowest BCUT2D eigenvalue weighted by atomic mass is 9.88. The fourth-order valence-electron chi connectivity index (χ4n) is 0.941. The van der Waals surface area contributed by atoms with Gasteiger partial charge in [0.2, 0.25) is 0 Å². The molecule has 0 saturated carbocycles. The Bertz CT molecular complexity index is 188. The first kappa shape index (κ1) is 8.47. The van der Waals surface area contributed by atoms with Crippen molar-refractivity contribution < 1.29 is 9.53 Å². The zero-order valence-corrected chi connectivity index (χ0v) is 7.26. The van der Waals surface area contributed by atoms with Gasteiger partial charge in [-0.2, -0.15) is 0 Å². The van der Waals surface area contributed by atoms with E-state index >= 15 is 0 Å². The number of epoxide rings is 1. The van der Waals surface area contributed by atoms with Gasteiger partial charge in [-0.05, 0) is 0 Å². The highest BCUT2D eigenvalue weighted by molar-refractivity contribution is 5.90. The van der Waals surface area contributed by atoms with Crippen LogP contribution in [0.25, 0.3) is 0 Å². The Morgan fingerprint density at radius 3 is 2.36 bits per heavy atom. The van der Waals surface area contributed by atoms with Gasteiger partial charge in [0.05, 0.1) is 0 Å². The van der Waals surface area contributed by atoms with Crippen molar-refractivity contribution in [3.8, 4) is 0 Å². The Labute approximate surface area is 67.2 Å². The molecule has 0 aromatic rings. The maximum atomic E-state index is 11.4. The number of Topliss-reactive ketones (excluding diaryl/α,β-unsaturated/α-hetero) is 1. The average Bonchev–Trinajstić information content (AvgIpc) is 2.62. The van der Waals surface area contributed by atoms with Gasteiger partial charge in [0.15, 0.2) is 5.78 Å². The monoisotopic (exact) mass is 154 g/mol. The minimum atomic E-state index is -0.289. The van der Waals surface area contributed by atoms with Crippen LogP contribution in [0.4, 0.5) is 0 Å². The number of carbonyl (C=O) groups is 1. The van der Waals surface area contributed by atoms with E-state index < -0.39 is 0 Å². The first-order valence-electron chi connectivity index (χ1n) is 3.79. The predicted octanol–water partition coefficient (Wildman–Crippen LogP) is 1.55. The number of hydrogen-bond acceptors (Lipinski definition) is 2. The lowest BCUT2D eigenvalue weighted by molar-refractivity contribution is -0.127. The van der Waals surface area contributed by atoms with Crippen LogP contribution in [-0.2, 0) is 9.53 Å². The molecule has 0 aromatic heterocycles. The van der Waals surface area contributed by atoms with Crippen LogP contribution in [0.3, 0.4) is 0 Å². The van der Waals surface area contributed by atoms with E-state index in [9.17, 15) is 4.79 Å². The number of hydrogen-bond donors (Lipinski definition) is 0. The molecule has 1 fully saturated rings. The maximum absolute atomic E-state index is 11.4. The molecule has 1 rings (SSSR count). The molecule has 0 radical (unpaired) electrons. The highest BCUT2D eigenvalue weighted by atomic mass is 16.6. The second-order valence-electron chi connectivity index (χ2n) is 3.87. The molecular weight excluding hydrogens is 140 g/mol. The van der Waals surface area contributed by atoms with Crippen molar-refractivity contribution in [2.75, 3.05) is 0 Å². The molecule has 2 heteroatoms. The van der Waals surface area contributed by atoms with Gasteiger partial charge < -0.3 is 4.74 Å². The van der Waals surface area contributed by atoms with Crippen molar-refractivity contribution >= 4 is 5.78 Å². The summed E-state index contributed by atoms with van der Waals surface area (Å²) >= 11 is 0. The normalized spacial score (nSPS) is 29.7. The largest absolute Gasteiger partial charge is 0.357 e. The molecule has 2 unspecified atom stereocenters. The molecule has 2 nitrogen and oxygen atoms in total. The minimum Gasteiger partial charge on any atom is -0.357 e. The van der Waals surface area contributed by atoms with Crippen molar-refractivity contribution in [2.24, 2.45) is 5.41 Å². The van der Waals surface area contributed by atoms with Crippen LogP contribution >= 0.6 is 0 Å². The standard InChI is InChI=1S/C9H14O2/c1-5-6-7(11-6)8(10)9(2,3)4/h5-7H,1H2,2-4H3. The van der Waals surface area contributed by atoms with Crippen molar-refractivity contribution in [3.63, 3.8) is 0 Å². The van der Waals surface area contributed by atoms with Crippen LogP contribution in [0.2, 0.25) is 0 Å². The predicted molar refractivity (Wildman–Crippen MR) is 43.3 cm³/mol. The fraction of sp³-hybridized carbons (Fsp3) is 0.667. The van der Waals surface area contributed by atoms with E-state index in [0.29, 0.717) is 0 Å². The van der Waals surface area contributed by atoms with Crippen LogP contribution in [0.1, 0.15) is 20.8 Å². The van der Waals surface area contributed by atoms with E-state index in [1.54, 1.807) is 6.08 Å². The summed E-state index contributed by atoms with van der Waals surface area (Å²) in [5, 5.41) is 0. The first-order chi connectivity index (χ1) is 4.96. The summed E-state index contributed by atoms with van der Waals surface area (Å²) < 4.78 is 5.09. The van der Waals surface area contributed by atoms with Gasteiger partial charge in [0.1, 0.15) is 12.2 Å². The van der Waals surface area contributed by atoms with E-state index in [1.807, 2.05) is 20.8 Å². The summed E-state index contributed by atoms with van der Waals surface area (Å²) in [4.78, 5) is 11.4. The zero-order chi connectivity index (χ0) is 8.65. The third-order valence-corrected chi connectivity index (χ3v) is 1.76. The van der Waals surface area contributed by atoms with E-state index in [4.69, 9.17) is 4.74 Å². The average molecular weight is 154 g/mol. The molecule has 2 atom stereocenters. The minimum absolute atomic E-state index is 0.0262. The second kappa shape index (κ2) is 2.45. The summed E-state index contributed by atoms with van der Waals surface area (Å²) in [5.74, 6) is 0.169. The third-order valence-electron chi connectivity index (χ3n) is 1.76. The van der Waals surface area contributed by atoms with Crippen molar-refractivity contribution in [1.82, 2.24) is 0 Å². The summed E-state index contributed by atoms with van der Waals surface area (Å²) in [6.45, 7) is 9.26. The molecular formula is C9H14O2. The maximum Gasteiger partial charge on any atom is 0.169 e. The number of rotatable bonds is 2. The summed E-state index contributed by atoms with van der Waals surface area (Å²) in [5.41, 5.74) is -0.289. The Morgan fingerprint density at radius 1 is 1.55 bits per heavy atom. The van der Waals surface area contributed by atoms with Crippen molar-refractivity contribution in [3.05, 3.63) is 12.7 Å². The van der Waals surface area contributed by atoms with E-state index in [2.05, 4.69) is 6.58 Å². The highest BCUT2D eigenvalue weighted by Gasteiger charge is 2.46. The first-order valence-corrected chi connectivity index (χ1v) is 3.79. The summed E-state index contributed by atoms with van der Waals surface area (Å²) in [6.07, 6.45) is 1.43. The quantitative estimate of drug-likeness (QED) is 0.446. The van der Waals surface area contributed by atoms with Crippen LogP contribution in [-0.4, -0.2) is 18.0 Å². The molecule has 1 aliphatic rings. The number of carbonyl (C=O) groups excluding carboxylic acids is 1. The van der Waals surface area contributed by atoms with Crippen LogP contribution in [0.5, 0.6) is 0 Å². The SMILES string of the molecule is C=CC1OC1C(=O)C(C)(C)C. The Morgan fingerprint density at radius 2 is 2.09 bits per heavy atom. The van der Waals surface area contributed by atoms with Gasteiger partial charge >= 0.3 is 0 Å². The topological polar surface area (TPSA) is 29.6 Å². The van der Waals surface area contributed by atoms with E-state index in [-0.39, 0.29) is 23.4 Å². The van der Waals surface area contributed by atoms with Gasteiger partial charge in [0, 0.05) is 5.41 Å². The summed E-state index contributed by atoms with van der Waals surface area (Å²) in [6, 6.07) is 0. The molecule has 0 bridgehead atoms. The number of ether oxygens (including phenoxy) is 1. The van der Waals surface area contributed by atoms with E-state index in [1.165, 1.54) is 0 Å². The van der Waals surface area contributed by atoms with Gasteiger partial charge in [0.25, 0.3) is 0 Å². The van der Waals surface area contributed by atoms with Crippen molar-refractivity contribution in [2.45, 2.75) is 33.0 Å². The molecule has 0 aliphatic carbocycles. The lowest BCUT2D eigenvalue weighted by Crippen LogP contribution is -2.26. The molecule has 0 amide bonds. The van der Waals surface area contributed by atoms with Gasteiger partial charge in [-0.25, -0.2) is 0 Å². The smallest absolute Gasteiger partial charge is 0.169 e. The Balaban J connectivity index is 2.52. The molecule has 1 saturated heterocycles. The highest BCUT2D eigenvalue weighted by Crippen LogP contribution is 2.31. The van der Waals surface area contributed by atoms with E-state index in [0.717, 1.165) is 0 Å². The van der Waals surface area contributed by atoms with Crippen molar-refractivity contribution in [1.29, 1.82) is 0 Å². The summed E-state index contributed by atoms with van der Waals surface area (Å²) in [7, 11) is 0. The molecule has 0 spiro atoms. The molecule has 1 aliphatic heterocycles. The van der Waals surface area contributed by atoms with Gasteiger partial charge in [-0.15, -0.1) is 6.58 Å². The zero-order valence-electron chi connectivity index (χ0n) is 7.26. The van der Waals surface area contributed by atoms with Crippen LogP contribution < -0.4 is 0 Å². The van der Waals surface area contributed by atoms with Crippen LogP contribution in [0.15, 0.2) is 12.7 Å². The molecule has 11 heavy (non-hydrogen) atoms. The Hall–Kier alpha value is -0.630. The number of ketones is 1. The van der Waals surface area contributed by atoms with Gasteiger partial charge in [-0.3, -0.25) is 4.79 Å². The van der Waals surface area contributed by atoms with Gasteiger partial charge in [-0.1, -0.05) is 26.8 Å². The second-order valence-corrected chi connectivity index (χ2v) is 3.87. The molecule has 62 valence electrons. The molecule has 0 N–H and O–H groups in total. The fourth-order valence-corrected chi connectivity index (χ4v) is 0.941. The molecule has 0 aromatic carbocycles. The third kappa shape index (κ3) is 1.69. The lowest BCUT2D eigenvalue weighted by Gasteiger charge is -2.13. The van der Waals surface area contributed by atoms with Crippen LogP contribution in [0, 0.1) is 5.41 Å².